The van der Waals surface area contributed by atoms with Gasteiger partial charge in [-0.3, -0.25) is 0 Å². The van der Waals surface area contributed by atoms with Crippen LogP contribution in [0.2, 0.25) is 5.15 Å². The molecule has 1 rings (SSSR count). The van der Waals surface area contributed by atoms with E-state index in [1.807, 2.05) is 13.0 Å². The molecule has 1 aromatic heterocycles. The Kier molecular flexibility index (Phi) is 3.46. The molecule has 70 valence electrons. The smallest absolute Gasteiger partial charge is 0.134 e. The van der Waals surface area contributed by atoms with Crippen LogP contribution in [0.4, 0.5) is 0 Å². The van der Waals surface area contributed by atoms with Gasteiger partial charge in [-0.2, -0.15) is 0 Å². The maximum Gasteiger partial charge on any atom is 0.134 e. The van der Waals surface area contributed by atoms with Crippen LogP contribution in [0.15, 0.2) is 24.9 Å². The third-order valence-electron chi connectivity index (χ3n) is 1.75. The summed E-state index contributed by atoms with van der Waals surface area (Å²) in [5.41, 5.74) is 1.66. The first kappa shape index (κ1) is 10.2. The Balaban J connectivity index is 2.97. The summed E-state index contributed by atoms with van der Waals surface area (Å²) < 4.78 is 0. The van der Waals surface area contributed by atoms with Gasteiger partial charge in [0.05, 0.1) is 6.10 Å². The molecule has 0 amide bonds. The SMILES string of the molecule is C=CC[C@H](O)c1cc(C)cnc1Cl. The fourth-order valence-electron chi connectivity index (χ4n) is 1.09. The van der Waals surface area contributed by atoms with Gasteiger partial charge >= 0.3 is 0 Å². The second-order valence-electron chi connectivity index (χ2n) is 2.93. The van der Waals surface area contributed by atoms with Crippen molar-refractivity contribution < 1.29 is 5.11 Å². The van der Waals surface area contributed by atoms with Crippen LogP contribution in [0.25, 0.3) is 0 Å². The van der Waals surface area contributed by atoms with Gasteiger partial charge in [0.15, 0.2) is 0 Å². The first-order valence-electron chi connectivity index (χ1n) is 4.06. The van der Waals surface area contributed by atoms with Crippen LogP contribution in [-0.4, -0.2) is 10.1 Å². The van der Waals surface area contributed by atoms with Crippen molar-refractivity contribution in [2.45, 2.75) is 19.4 Å². The van der Waals surface area contributed by atoms with Gasteiger partial charge in [-0.05, 0) is 25.0 Å². The molecule has 1 N–H and O–H groups in total. The standard InChI is InChI=1S/C10H12ClNO/c1-3-4-9(13)8-5-7(2)6-12-10(8)11/h3,5-6,9,13H,1,4H2,2H3/t9-/m0/s1. The number of pyridine rings is 1. The maximum absolute atomic E-state index is 9.63. The maximum atomic E-state index is 9.63. The van der Waals surface area contributed by atoms with Crippen LogP contribution in [0.1, 0.15) is 23.7 Å². The molecule has 2 nitrogen and oxygen atoms in total. The number of aliphatic hydroxyl groups excluding tert-OH is 1. The molecule has 0 unspecified atom stereocenters. The van der Waals surface area contributed by atoms with Crippen LogP contribution in [0.5, 0.6) is 0 Å². The fourth-order valence-corrected chi connectivity index (χ4v) is 1.32. The summed E-state index contributed by atoms with van der Waals surface area (Å²) >= 11 is 5.82. The van der Waals surface area contributed by atoms with E-state index in [2.05, 4.69) is 11.6 Å². The summed E-state index contributed by atoms with van der Waals surface area (Å²) in [6.45, 7) is 5.46. The second-order valence-corrected chi connectivity index (χ2v) is 3.29. The van der Waals surface area contributed by atoms with Gasteiger partial charge in [-0.25, -0.2) is 4.98 Å². The Hall–Kier alpha value is -0.860. The highest BCUT2D eigenvalue weighted by Crippen LogP contribution is 2.24. The fraction of sp³-hybridized carbons (Fsp3) is 0.300. The number of nitrogens with zero attached hydrogens (tertiary/aromatic N) is 1. The zero-order valence-electron chi connectivity index (χ0n) is 7.50. The van der Waals surface area contributed by atoms with E-state index in [-0.39, 0.29) is 0 Å². The molecule has 0 aliphatic rings. The highest BCUT2D eigenvalue weighted by Gasteiger charge is 2.10. The van der Waals surface area contributed by atoms with Crippen LogP contribution in [-0.2, 0) is 0 Å². The predicted octanol–water partition coefficient (Wildman–Crippen LogP) is 2.65. The Bertz CT molecular complexity index is 312. The van der Waals surface area contributed by atoms with Crippen molar-refractivity contribution in [1.82, 2.24) is 4.98 Å². The van der Waals surface area contributed by atoms with Gasteiger partial charge in [-0.1, -0.05) is 17.7 Å². The van der Waals surface area contributed by atoms with Crippen molar-refractivity contribution in [2.24, 2.45) is 0 Å². The predicted molar refractivity (Wildman–Crippen MR) is 53.8 cm³/mol. The lowest BCUT2D eigenvalue weighted by molar-refractivity contribution is 0.181. The van der Waals surface area contributed by atoms with Gasteiger partial charge in [0.2, 0.25) is 0 Å². The number of halogens is 1. The topological polar surface area (TPSA) is 33.1 Å². The van der Waals surface area contributed by atoms with Crippen molar-refractivity contribution >= 4 is 11.6 Å². The highest BCUT2D eigenvalue weighted by molar-refractivity contribution is 6.30. The highest BCUT2D eigenvalue weighted by atomic mass is 35.5. The molecule has 1 aromatic rings. The van der Waals surface area contributed by atoms with E-state index < -0.39 is 6.10 Å². The van der Waals surface area contributed by atoms with E-state index >= 15 is 0 Å². The number of hydrogen-bond acceptors (Lipinski definition) is 2. The molecule has 13 heavy (non-hydrogen) atoms. The largest absolute Gasteiger partial charge is 0.388 e. The van der Waals surface area contributed by atoms with Crippen molar-refractivity contribution in [2.75, 3.05) is 0 Å². The zero-order chi connectivity index (χ0) is 9.84. The molecule has 0 aliphatic carbocycles. The summed E-state index contributed by atoms with van der Waals surface area (Å²) in [7, 11) is 0. The lowest BCUT2D eigenvalue weighted by atomic mass is 10.1. The molecule has 0 aromatic carbocycles. The number of aryl methyl sites for hydroxylation is 1. The van der Waals surface area contributed by atoms with Crippen LogP contribution < -0.4 is 0 Å². The average Bonchev–Trinajstić information content (AvgIpc) is 2.09. The zero-order valence-corrected chi connectivity index (χ0v) is 8.25. The monoisotopic (exact) mass is 197 g/mol. The summed E-state index contributed by atoms with van der Waals surface area (Å²) in [5.74, 6) is 0. The minimum Gasteiger partial charge on any atom is -0.388 e. The molecule has 0 aliphatic heterocycles. The molecule has 0 saturated carbocycles. The first-order valence-corrected chi connectivity index (χ1v) is 4.44. The van der Waals surface area contributed by atoms with Crippen molar-refractivity contribution in [3.05, 3.63) is 41.2 Å². The Labute approximate surface area is 82.9 Å². The second kappa shape index (κ2) is 4.40. The van der Waals surface area contributed by atoms with Gasteiger partial charge in [0.25, 0.3) is 0 Å². The van der Waals surface area contributed by atoms with Crippen molar-refractivity contribution in [3.63, 3.8) is 0 Å². The van der Waals surface area contributed by atoms with E-state index in [9.17, 15) is 5.11 Å². The minimum absolute atomic E-state index is 0.361. The third-order valence-corrected chi connectivity index (χ3v) is 2.07. The van der Waals surface area contributed by atoms with Gasteiger partial charge in [-0.15, -0.1) is 6.58 Å². The lowest BCUT2D eigenvalue weighted by Gasteiger charge is -2.10. The molecule has 0 fully saturated rings. The van der Waals surface area contributed by atoms with Crippen molar-refractivity contribution in [3.8, 4) is 0 Å². The third kappa shape index (κ3) is 2.54. The number of rotatable bonds is 3. The summed E-state index contributed by atoms with van der Waals surface area (Å²) in [6, 6.07) is 1.84. The molecular formula is C10H12ClNO. The number of aliphatic hydroxyl groups is 1. The first-order chi connectivity index (χ1) is 6.15. The summed E-state index contributed by atoms with van der Waals surface area (Å²) in [4.78, 5) is 3.95. The minimum atomic E-state index is -0.600. The van der Waals surface area contributed by atoms with Crippen LogP contribution >= 0.6 is 11.6 Å². The summed E-state index contributed by atoms with van der Waals surface area (Å²) in [5, 5.41) is 9.99. The normalized spacial score (nSPS) is 12.5. The molecule has 3 heteroatoms. The number of aromatic nitrogens is 1. The van der Waals surface area contributed by atoms with E-state index in [1.54, 1.807) is 12.3 Å². The Morgan fingerprint density at radius 1 is 1.77 bits per heavy atom. The van der Waals surface area contributed by atoms with E-state index in [1.165, 1.54) is 0 Å². The quantitative estimate of drug-likeness (QED) is 0.597. The Morgan fingerprint density at radius 3 is 3.08 bits per heavy atom. The summed E-state index contributed by atoms with van der Waals surface area (Å²) in [6.07, 6.45) is 3.22. The molecule has 0 saturated heterocycles. The van der Waals surface area contributed by atoms with Gasteiger partial charge < -0.3 is 5.11 Å². The van der Waals surface area contributed by atoms with E-state index in [4.69, 9.17) is 11.6 Å². The van der Waals surface area contributed by atoms with Crippen LogP contribution in [0.3, 0.4) is 0 Å². The Morgan fingerprint density at radius 2 is 2.46 bits per heavy atom. The average molecular weight is 198 g/mol. The van der Waals surface area contributed by atoms with E-state index in [0.29, 0.717) is 17.1 Å². The van der Waals surface area contributed by atoms with Gasteiger partial charge in [0.1, 0.15) is 5.15 Å². The molecule has 0 spiro atoms. The van der Waals surface area contributed by atoms with Crippen molar-refractivity contribution in [1.29, 1.82) is 0 Å². The van der Waals surface area contributed by atoms with E-state index in [0.717, 1.165) is 5.56 Å². The van der Waals surface area contributed by atoms with Gasteiger partial charge in [0, 0.05) is 11.8 Å². The molecule has 0 radical (unpaired) electrons. The molecular weight excluding hydrogens is 186 g/mol. The lowest BCUT2D eigenvalue weighted by Crippen LogP contribution is -1.98. The molecule has 0 bridgehead atoms. The van der Waals surface area contributed by atoms with Crippen LogP contribution in [0, 0.1) is 6.92 Å². The molecule has 1 heterocycles. The number of hydrogen-bond donors (Lipinski definition) is 1. The molecule has 1 atom stereocenters.